The maximum Gasteiger partial charge on any atom is 0.325 e. The molecule has 2 rings (SSSR count). The molecule has 0 aromatic rings. The molecule has 2 fully saturated rings. The zero-order chi connectivity index (χ0) is 9.31. The molecule has 1 N–H and O–H groups in total. The van der Waals surface area contributed by atoms with Crippen molar-refractivity contribution >= 4 is 18.4 Å². The quantitative estimate of drug-likeness (QED) is 0.655. The first-order chi connectivity index (χ1) is 6.28. The van der Waals surface area contributed by atoms with Gasteiger partial charge in [-0.3, -0.25) is 10.1 Å². The number of nitrogens with one attached hydrogen (secondary N) is 1. The van der Waals surface area contributed by atoms with Crippen molar-refractivity contribution in [1.29, 1.82) is 0 Å². The smallest absolute Gasteiger partial charge is 0.325 e. The molecule has 82 valence electrons. The molecule has 0 amide bonds. The minimum absolute atomic E-state index is 0. The molecule has 1 heterocycles. The Kier molecular flexibility index (Phi) is 3.75. The number of halogens is 1. The van der Waals surface area contributed by atoms with Gasteiger partial charge in [-0.15, -0.1) is 12.4 Å². The minimum atomic E-state index is -0.250. The Hall–Kier alpha value is -0.320. The lowest BCUT2D eigenvalue weighted by atomic mass is 9.73. The molecular formula is C9H16ClNO3. The van der Waals surface area contributed by atoms with E-state index in [4.69, 9.17) is 9.47 Å². The van der Waals surface area contributed by atoms with Gasteiger partial charge in [-0.1, -0.05) is 0 Å². The first-order valence-electron chi connectivity index (χ1n) is 4.74. The summed E-state index contributed by atoms with van der Waals surface area (Å²) in [6.45, 7) is 1.44. The molecule has 0 aromatic carbocycles. The number of esters is 1. The van der Waals surface area contributed by atoms with E-state index in [1.54, 1.807) is 0 Å². The Morgan fingerprint density at radius 3 is 2.79 bits per heavy atom. The van der Waals surface area contributed by atoms with Crippen LogP contribution in [0.2, 0.25) is 0 Å². The third-order valence-electron chi connectivity index (χ3n) is 3.00. The number of carbonyl (C=O) groups is 1. The summed E-state index contributed by atoms with van der Waals surface area (Å²) in [7, 11) is 1.42. The standard InChI is InChI=1S/C9H15NO3.ClH/c1-12-8(11)7-9(3-2-4-9)13-6-5-10-7;/h7,10H,2-6H2,1H3;1H. The van der Waals surface area contributed by atoms with E-state index in [1.807, 2.05) is 0 Å². The van der Waals surface area contributed by atoms with Crippen LogP contribution in [0.25, 0.3) is 0 Å². The van der Waals surface area contributed by atoms with Crippen molar-refractivity contribution in [3.8, 4) is 0 Å². The van der Waals surface area contributed by atoms with E-state index >= 15 is 0 Å². The van der Waals surface area contributed by atoms with Crippen LogP contribution >= 0.6 is 12.4 Å². The molecule has 1 unspecified atom stereocenters. The molecule has 0 radical (unpaired) electrons. The van der Waals surface area contributed by atoms with Crippen LogP contribution < -0.4 is 5.32 Å². The largest absolute Gasteiger partial charge is 0.468 e. The van der Waals surface area contributed by atoms with E-state index in [0.717, 1.165) is 25.8 Å². The molecule has 2 aliphatic rings. The summed E-state index contributed by atoms with van der Waals surface area (Å²) in [6.07, 6.45) is 3.09. The summed E-state index contributed by atoms with van der Waals surface area (Å²) in [6, 6.07) is -0.250. The second-order valence-electron chi connectivity index (χ2n) is 3.68. The predicted octanol–water partition coefficient (Wildman–Crippen LogP) is 0.492. The molecule has 1 aliphatic carbocycles. The first-order valence-corrected chi connectivity index (χ1v) is 4.74. The fraction of sp³-hybridized carbons (Fsp3) is 0.889. The Bertz CT molecular complexity index is 218. The van der Waals surface area contributed by atoms with Crippen LogP contribution in [0.5, 0.6) is 0 Å². The maximum absolute atomic E-state index is 11.4. The molecule has 5 heteroatoms. The number of carbonyl (C=O) groups excluding carboxylic acids is 1. The Labute approximate surface area is 89.7 Å². The molecule has 1 spiro atoms. The van der Waals surface area contributed by atoms with Crippen LogP contribution in [-0.4, -0.2) is 37.9 Å². The van der Waals surface area contributed by atoms with Crippen LogP contribution in [0.15, 0.2) is 0 Å². The topological polar surface area (TPSA) is 47.6 Å². The summed E-state index contributed by atoms with van der Waals surface area (Å²) in [5.41, 5.74) is -0.245. The van der Waals surface area contributed by atoms with E-state index in [0.29, 0.717) is 6.61 Å². The van der Waals surface area contributed by atoms with E-state index in [-0.39, 0.29) is 30.0 Å². The number of methoxy groups -OCH3 is 1. The van der Waals surface area contributed by atoms with Crippen molar-refractivity contribution in [1.82, 2.24) is 5.32 Å². The van der Waals surface area contributed by atoms with Gasteiger partial charge in [0.15, 0.2) is 0 Å². The first kappa shape index (κ1) is 11.8. The normalized spacial score (nSPS) is 28.8. The average Bonchev–Trinajstić information content (AvgIpc) is 2.14. The second kappa shape index (κ2) is 4.47. The minimum Gasteiger partial charge on any atom is -0.468 e. The Morgan fingerprint density at radius 1 is 1.57 bits per heavy atom. The molecule has 0 bridgehead atoms. The van der Waals surface area contributed by atoms with Crippen LogP contribution in [0, 0.1) is 0 Å². The third-order valence-corrected chi connectivity index (χ3v) is 3.00. The van der Waals surface area contributed by atoms with Gasteiger partial charge in [0.25, 0.3) is 0 Å². The highest BCUT2D eigenvalue weighted by molar-refractivity contribution is 5.85. The molecule has 1 atom stereocenters. The van der Waals surface area contributed by atoms with Crippen LogP contribution in [-0.2, 0) is 14.3 Å². The number of hydrogen-bond acceptors (Lipinski definition) is 4. The SMILES string of the molecule is COC(=O)C1NCCOC12CCC2.Cl. The fourth-order valence-corrected chi connectivity index (χ4v) is 2.10. The second-order valence-corrected chi connectivity index (χ2v) is 3.68. The van der Waals surface area contributed by atoms with Gasteiger partial charge in [0, 0.05) is 6.54 Å². The van der Waals surface area contributed by atoms with Crippen molar-refractivity contribution in [2.24, 2.45) is 0 Å². The van der Waals surface area contributed by atoms with E-state index < -0.39 is 0 Å². The van der Waals surface area contributed by atoms with Crippen molar-refractivity contribution in [3.63, 3.8) is 0 Å². The van der Waals surface area contributed by atoms with Gasteiger partial charge in [0.05, 0.1) is 19.3 Å². The van der Waals surface area contributed by atoms with Gasteiger partial charge in [-0.2, -0.15) is 0 Å². The van der Waals surface area contributed by atoms with Gasteiger partial charge in [-0.05, 0) is 19.3 Å². The van der Waals surface area contributed by atoms with Crippen molar-refractivity contribution in [2.75, 3.05) is 20.3 Å². The molecule has 1 saturated carbocycles. The Balaban J connectivity index is 0.000000980. The van der Waals surface area contributed by atoms with Crippen LogP contribution in [0.3, 0.4) is 0 Å². The van der Waals surface area contributed by atoms with Crippen molar-refractivity contribution < 1.29 is 14.3 Å². The highest BCUT2D eigenvalue weighted by Gasteiger charge is 2.50. The summed E-state index contributed by atoms with van der Waals surface area (Å²) in [4.78, 5) is 11.4. The van der Waals surface area contributed by atoms with Gasteiger partial charge in [-0.25, -0.2) is 0 Å². The highest BCUT2D eigenvalue weighted by Crippen LogP contribution is 2.40. The van der Waals surface area contributed by atoms with Gasteiger partial charge in [0.1, 0.15) is 6.04 Å². The average molecular weight is 222 g/mol. The lowest BCUT2D eigenvalue weighted by molar-refractivity contribution is -0.176. The molecule has 4 nitrogen and oxygen atoms in total. The summed E-state index contributed by atoms with van der Waals surface area (Å²) in [5.74, 6) is -0.195. The molecule has 1 saturated heterocycles. The molecule has 0 aromatic heterocycles. The summed E-state index contributed by atoms with van der Waals surface area (Å²) < 4.78 is 10.4. The fourth-order valence-electron chi connectivity index (χ4n) is 2.10. The number of morpholine rings is 1. The predicted molar refractivity (Wildman–Crippen MR) is 53.6 cm³/mol. The van der Waals surface area contributed by atoms with E-state index in [2.05, 4.69) is 5.32 Å². The van der Waals surface area contributed by atoms with Gasteiger partial charge < -0.3 is 9.47 Å². The summed E-state index contributed by atoms with van der Waals surface area (Å²) >= 11 is 0. The number of hydrogen-bond donors (Lipinski definition) is 1. The molecular weight excluding hydrogens is 206 g/mol. The van der Waals surface area contributed by atoms with Gasteiger partial charge in [0.2, 0.25) is 0 Å². The number of rotatable bonds is 1. The van der Waals surface area contributed by atoms with Crippen molar-refractivity contribution in [2.45, 2.75) is 30.9 Å². The lowest BCUT2D eigenvalue weighted by Gasteiger charge is -2.48. The molecule has 1 aliphatic heterocycles. The van der Waals surface area contributed by atoms with Crippen molar-refractivity contribution in [3.05, 3.63) is 0 Å². The van der Waals surface area contributed by atoms with E-state index in [9.17, 15) is 4.79 Å². The lowest BCUT2D eigenvalue weighted by Crippen LogP contribution is -2.64. The zero-order valence-corrected chi connectivity index (χ0v) is 9.06. The van der Waals surface area contributed by atoms with Crippen LogP contribution in [0.4, 0.5) is 0 Å². The van der Waals surface area contributed by atoms with Gasteiger partial charge >= 0.3 is 5.97 Å². The maximum atomic E-state index is 11.4. The molecule has 14 heavy (non-hydrogen) atoms. The zero-order valence-electron chi connectivity index (χ0n) is 8.25. The monoisotopic (exact) mass is 221 g/mol. The Morgan fingerprint density at radius 2 is 2.29 bits per heavy atom. The highest BCUT2D eigenvalue weighted by atomic mass is 35.5. The van der Waals surface area contributed by atoms with E-state index in [1.165, 1.54) is 7.11 Å². The summed E-state index contributed by atoms with van der Waals surface area (Å²) in [5, 5.41) is 3.16. The third kappa shape index (κ3) is 1.74. The number of ether oxygens (including phenoxy) is 2. The van der Waals surface area contributed by atoms with Crippen LogP contribution in [0.1, 0.15) is 19.3 Å².